The molecule has 0 N–H and O–H groups in total. The first kappa shape index (κ1) is 16.5. The lowest BCUT2D eigenvalue weighted by Gasteiger charge is -2.28. The molecule has 0 saturated heterocycles. The molecule has 1 saturated carbocycles. The number of hydrogen-bond acceptors (Lipinski definition) is 0. The van der Waals surface area contributed by atoms with Gasteiger partial charge in [0, 0.05) is 0 Å². The first-order chi connectivity index (χ1) is 11.2. The van der Waals surface area contributed by atoms with E-state index in [0.717, 1.165) is 17.0 Å². The summed E-state index contributed by atoms with van der Waals surface area (Å²) in [6, 6.07) is 13.6. The van der Waals surface area contributed by atoms with Crippen LogP contribution >= 0.6 is 11.6 Å². The van der Waals surface area contributed by atoms with Crippen LogP contribution in [0.5, 0.6) is 0 Å². The molecule has 122 valence electrons. The summed E-state index contributed by atoms with van der Waals surface area (Å²) in [5, 5.41) is 0.175. The SMILES string of the molecule is CCCC1CCC(c2ccc(-c3ccc(Cl)c(F)c3)cc2)CC1. The molecule has 1 aliphatic rings. The largest absolute Gasteiger partial charge is 0.205 e. The Labute approximate surface area is 143 Å². The zero-order valence-corrected chi connectivity index (χ0v) is 14.5. The third kappa shape index (κ3) is 3.95. The van der Waals surface area contributed by atoms with E-state index >= 15 is 0 Å². The van der Waals surface area contributed by atoms with E-state index in [-0.39, 0.29) is 10.8 Å². The van der Waals surface area contributed by atoms with Gasteiger partial charge in [0.15, 0.2) is 0 Å². The normalized spacial score (nSPS) is 21.3. The second-order valence-electron chi connectivity index (χ2n) is 6.76. The van der Waals surface area contributed by atoms with E-state index in [9.17, 15) is 4.39 Å². The molecular formula is C21H24ClF. The molecule has 0 amide bonds. The van der Waals surface area contributed by atoms with Gasteiger partial charge in [-0.3, -0.25) is 0 Å². The molecule has 0 bridgehead atoms. The van der Waals surface area contributed by atoms with Crippen molar-refractivity contribution >= 4 is 11.6 Å². The standard InChI is InChI=1S/C21H24ClF/c1-2-3-15-4-6-16(7-5-15)17-8-10-18(11-9-17)19-12-13-20(22)21(23)14-19/h8-16H,2-7H2,1H3. The van der Waals surface area contributed by atoms with Crippen LogP contribution in [0.4, 0.5) is 4.39 Å². The molecule has 1 fully saturated rings. The van der Waals surface area contributed by atoms with Crippen LogP contribution in [0.2, 0.25) is 5.02 Å². The number of benzene rings is 2. The van der Waals surface area contributed by atoms with Crippen LogP contribution in [-0.2, 0) is 0 Å². The van der Waals surface area contributed by atoms with Crippen molar-refractivity contribution in [2.24, 2.45) is 5.92 Å². The predicted octanol–water partition coefficient (Wildman–Crippen LogP) is 7.22. The van der Waals surface area contributed by atoms with Gasteiger partial charge < -0.3 is 0 Å². The van der Waals surface area contributed by atoms with Crippen LogP contribution in [-0.4, -0.2) is 0 Å². The second kappa shape index (κ2) is 7.49. The highest BCUT2D eigenvalue weighted by Crippen LogP contribution is 2.38. The third-order valence-corrected chi connectivity index (χ3v) is 5.49. The fourth-order valence-corrected chi connectivity index (χ4v) is 3.93. The van der Waals surface area contributed by atoms with Crippen molar-refractivity contribution in [3.8, 4) is 11.1 Å². The number of halogens is 2. The van der Waals surface area contributed by atoms with Crippen LogP contribution in [0.15, 0.2) is 42.5 Å². The van der Waals surface area contributed by atoms with E-state index < -0.39 is 0 Å². The fraction of sp³-hybridized carbons (Fsp3) is 0.429. The van der Waals surface area contributed by atoms with Crippen molar-refractivity contribution in [3.63, 3.8) is 0 Å². The Morgan fingerprint density at radius 3 is 2.22 bits per heavy atom. The molecule has 0 nitrogen and oxygen atoms in total. The molecule has 0 atom stereocenters. The lowest BCUT2D eigenvalue weighted by molar-refractivity contribution is 0.308. The monoisotopic (exact) mass is 330 g/mol. The van der Waals surface area contributed by atoms with Crippen LogP contribution < -0.4 is 0 Å². The quantitative estimate of drug-likeness (QED) is 0.555. The zero-order chi connectivity index (χ0) is 16.2. The lowest BCUT2D eigenvalue weighted by atomic mass is 9.77. The summed E-state index contributed by atoms with van der Waals surface area (Å²) < 4.78 is 13.6. The summed E-state index contributed by atoms with van der Waals surface area (Å²) >= 11 is 5.75. The topological polar surface area (TPSA) is 0 Å². The molecular weight excluding hydrogens is 307 g/mol. The molecule has 0 radical (unpaired) electrons. The summed E-state index contributed by atoms with van der Waals surface area (Å²) in [7, 11) is 0. The number of rotatable bonds is 4. The summed E-state index contributed by atoms with van der Waals surface area (Å²) in [6.07, 6.45) is 8.03. The van der Waals surface area contributed by atoms with Crippen molar-refractivity contribution in [1.82, 2.24) is 0 Å². The Hall–Kier alpha value is -1.34. The third-order valence-electron chi connectivity index (χ3n) is 5.18. The minimum Gasteiger partial charge on any atom is -0.205 e. The van der Waals surface area contributed by atoms with E-state index in [4.69, 9.17) is 11.6 Å². The van der Waals surface area contributed by atoms with Gasteiger partial charge in [0.2, 0.25) is 0 Å². The molecule has 2 aromatic carbocycles. The van der Waals surface area contributed by atoms with Gasteiger partial charge in [-0.15, -0.1) is 0 Å². The Morgan fingerprint density at radius 1 is 0.957 bits per heavy atom. The summed E-state index contributed by atoms with van der Waals surface area (Å²) in [4.78, 5) is 0. The summed E-state index contributed by atoms with van der Waals surface area (Å²) in [5.74, 6) is 1.27. The molecule has 0 aromatic heterocycles. The first-order valence-electron chi connectivity index (χ1n) is 8.72. The van der Waals surface area contributed by atoms with E-state index in [1.165, 1.54) is 50.2 Å². The molecule has 0 heterocycles. The van der Waals surface area contributed by atoms with E-state index in [2.05, 4.69) is 31.2 Å². The van der Waals surface area contributed by atoms with Crippen molar-refractivity contribution in [2.45, 2.75) is 51.4 Å². The van der Waals surface area contributed by atoms with Gasteiger partial charge in [0.25, 0.3) is 0 Å². The van der Waals surface area contributed by atoms with Crippen molar-refractivity contribution in [3.05, 3.63) is 58.9 Å². The van der Waals surface area contributed by atoms with Gasteiger partial charge in [-0.05, 0) is 66.3 Å². The maximum absolute atomic E-state index is 13.6. The fourth-order valence-electron chi connectivity index (χ4n) is 3.82. The number of hydrogen-bond donors (Lipinski definition) is 0. The summed E-state index contributed by atoms with van der Waals surface area (Å²) in [6.45, 7) is 2.28. The highest BCUT2D eigenvalue weighted by molar-refractivity contribution is 6.30. The van der Waals surface area contributed by atoms with Gasteiger partial charge >= 0.3 is 0 Å². The highest BCUT2D eigenvalue weighted by Gasteiger charge is 2.21. The van der Waals surface area contributed by atoms with Gasteiger partial charge in [0.1, 0.15) is 5.82 Å². The molecule has 2 heteroatoms. The molecule has 3 rings (SSSR count). The molecule has 0 unspecified atom stereocenters. The predicted molar refractivity (Wildman–Crippen MR) is 96.5 cm³/mol. The average molecular weight is 331 g/mol. The summed E-state index contributed by atoms with van der Waals surface area (Å²) in [5.41, 5.74) is 3.35. The molecule has 23 heavy (non-hydrogen) atoms. The lowest BCUT2D eigenvalue weighted by Crippen LogP contribution is -2.13. The van der Waals surface area contributed by atoms with E-state index in [1.807, 2.05) is 6.07 Å². The minimum absolute atomic E-state index is 0.175. The first-order valence-corrected chi connectivity index (χ1v) is 9.10. The van der Waals surface area contributed by atoms with Gasteiger partial charge in [-0.2, -0.15) is 0 Å². The van der Waals surface area contributed by atoms with Crippen LogP contribution in [0.3, 0.4) is 0 Å². The Balaban J connectivity index is 1.69. The smallest absolute Gasteiger partial charge is 0.142 e. The Kier molecular flexibility index (Phi) is 5.38. The van der Waals surface area contributed by atoms with E-state index in [0.29, 0.717) is 5.92 Å². The maximum atomic E-state index is 13.6. The molecule has 0 aliphatic heterocycles. The van der Waals surface area contributed by atoms with Crippen LogP contribution in [0.25, 0.3) is 11.1 Å². The zero-order valence-electron chi connectivity index (χ0n) is 13.7. The van der Waals surface area contributed by atoms with Gasteiger partial charge in [-0.1, -0.05) is 61.7 Å². The highest BCUT2D eigenvalue weighted by atomic mass is 35.5. The van der Waals surface area contributed by atoms with Crippen LogP contribution in [0, 0.1) is 11.7 Å². The van der Waals surface area contributed by atoms with Crippen molar-refractivity contribution in [2.75, 3.05) is 0 Å². The minimum atomic E-state index is -0.359. The van der Waals surface area contributed by atoms with E-state index in [1.54, 1.807) is 6.07 Å². The Bertz CT molecular complexity index is 639. The maximum Gasteiger partial charge on any atom is 0.142 e. The molecule has 1 aliphatic carbocycles. The average Bonchev–Trinajstić information content (AvgIpc) is 2.59. The van der Waals surface area contributed by atoms with Crippen LogP contribution in [0.1, 0.15) is 56.9 Å². The second-order valence-corrected chi connectivity index (χ2v) is 7.16. The Morgan fingerprint density at radius 2 is 1.61 bits per heavy atom. The van der Waals surface area contributed by atoms with Crippen molar-refractivity contribution < 1.29 is 4.39 Å². The molecule has 0 spiro atoms. The molecule has 2 aromatic rings. The van der Waals surface area contributed by atoms with Gasteiger partial charge in [-0.25, -0.2) is 4.39 Å². The van der Waals surface area contributed by atoms with Gasteiger partial charge in [0.05, 0.1) is 5.02 Å². The van der Waals surface area contributed by atoms with Crippen molar-refractivity contribution in [1.29, 1.82) is 0 Å².